The monoisotopic (exact) mass is 218 g/mol. The summed E-state index contributed by atoms with van der Waals surface area (Å²) in [5.74, 6) is -1.84. The lowest BCUT2D eigenvalue weighted by Crippen LogP contribution is -2.17. The molecular formula is C13H14O3. The molecule has 0 aliphatic rings. The van der Waals surface area contributed by atoms with Gasteiger partial charge >= 0.3 is 5.97 Å². The number of benzene rings is 1. The molecule has 0 aliphatic carbocycles. The van der Waals surface area contributed by atoms with Gasteiger partial charge in [0.2, 0.25) is 0 Å². The van der Waals surface area contributed by atoms with Gasteiger partial charge in [-0.2, -0.15) is 0 Å². The Labute approximate surface area is 94.4 Å². The minimum Gasteiger partial charge on any atom is -0.478 e. The zero-order valence-electron chi connectivity index (χ0n) is 9.31. The predicted molar refractivity (Wildman–Crippen MR) is 61.9 cm³/mol. The molecule has 0 saturated heterocycles. The average molecular weight is 218 g/mol. The van der Waals surface area contributed by atoms with Crippen LogP contribution in [0.1, 0.15) is 19.4 Å². The minimum atomic E-state index is -1.18. The van der Waals surface area contributed by atoms with E-state index in [1.807, 2.05) is 6.07 Å². The molecule has 3 heteroatoms. The van der Waals surface area contributed by atoms with Crippen LogP contribution in [0.25, 0.3) is 6.08 Å². The van der Waals surface area contributed by atoms with E-state index in [4.69, 9.17) is 5.11 Å². The number of carbonyl (C=O) groups excluding carboxylic acids is 1. The summed E-state index contributed by atoms with van der Waals surface area (Å²) in [7, 11) is 0. The summed E-state index contributed by atoms with van der Waals surface area (Å²) in [5, 5.41) is 8.96. The van der Waals surface area contributed by atoms with Gasteiger partial charge in [-0.25, -0.2) is 4.79 Å². The second-order valence-corrected chi connectivity index (χ2v) is 3.79. The standard InChI is InChI=1S/C13H14O3/c1-9(2)12(14)11(13(15)16)8-10-6-4-3-5-7-10/h3-9H,1-2H3,(H,15,16)/b11-8-. The molecular weight excluding hydrogens is 204 g/mol. The van der Waals surface area contributed by atoms with Crippen LogP contribution in [-0.4, -0.2) is 16.9 Å². The molecule has 0 fully saturated rings. The fourth-order valence-electron chi connectivity index (χ4n) is 1.27. The second kappa shape index (κ2) is 5.26. The molecule has 1 aromatic rings. The lowest BCUT2D eigenvalue weighted by Gasteiger charge is -2.04. The molecule has 0 aliphatic heterocycles. The van der Waals surface area contributed by atoms with Crippen LogP contribution in [0.15, 0.2) is 35.9 Å². The van der Waals surface area contributed by atoms with Gasteiger partial charge in [-0.1, -0.05) is 44.2 Å². The molecule has 0 unspecified atom stereocenters. The van der Waals surface area contributed by atoms with Crippen molar-refractivity contribution in [3.63, 3.8) is 0 Å². The number of Topliss-reactive ketones (excluding diaryl/α,β-unsaturated/α-hetero) is 1. The third-order valence-electron chi connectivity index (χ3n) is 2.13. The van der Waals surface area contributed by atoms with Crippen molar-refractivity contribution in [2.24, 2.45) is 5.92 Å². The summed E-state index contributed by atoms with van der Waals surface area (Å²) in [4.78, 5) is 22.6. The van der Waals surface area contributed by atoms with Crippen LogP contribution in [0.3, 0.4) is 0 Å². The van der Waals surface area contributed by atoms with E-state index < -0.39 is 5.97 Å². The van der Waals surface area contributed by atoms with Crippen molar-refractivity contribution in [1.82, 2.24) is 0 Å². The third-order valence-corrected chi connectivity index (χ3v) is 2.13. The maximum Gasteiger partial charge on any atom is 0.339 e. The molecule has 0 radical (unpaired) electrons. The Morgan fingerprint density at radius 3 is 2.19 bits per heavy atom. The molecule has 0 atom stereocenters. The third kappa shape index (κ3) is 3.05. The molecule has 0 spiro atoms. The number of hydrogen-bond donors (Lipinski definition) is 1. The molecule has 16 heavy (non-hydrogen) atoms. The first-order chi connectivity index (χ1) is 7.52. The van der Waals surface area contributed by atoms with Gasteiger partial charge in [-0.15, -0.1) is 0 Å². The fourth-order valence-corrected chi connectivity index (χ4v) is 1.27. The van der Waals surface area contributed by atoms with Gasteiger partial charge in [0.25, 0.3) is 0 Å². The Morgan fingerprint density at radius 1 is 1.19 bits per heavy atom. The number of carboxylic acids is 1. The van der Waals surface area contributed by atoms with Crippen molar-refractivity contribution in [3.05, 3.63) is 41.5 Å². The summed E-state index contributed by atoms with van der Waals surface area (Å²) >= 11 is 0. The average Bonchev–Trinajstić information content (AvgIpc) is 2.26. The number of ketones is 1. The van der Waals surface area contributed by atoms with Crippen LogP contribution in [-0.2, 0) is 9.59 Å². The van der Waals surface area contributed by atoms with Crippen molar-refractivity contribution in [3.8, 4) is 0 Å². The molecule has 1 N–H and O–H groups in total. The zero-order valence-corrected chi connectivity index (χ0v) is 9.31. The lowest BCUT2D eigenvalue weighted by atomic mass is 9.99. The van der Waals surface area contributed by atoms with E-state index in [0.717, 1.165) is 0 Å². The smallest absolute Gasteiger partial charge is 0.339 e. The number of hydrogen-bond acceptors (Lipinski definition) is 2. The highest BCUT2D eigenvalue weighted by molar-refractivity contribution is 6.20. The molecule has 1 aromatic carbocycles. The first-order valence-corrected chi connectivity index (χ1v) is 5.06. The Morgan fingerprint density at radius 2 is 1.75 bits per heavy atom. The van der Waals surface area contributed by atoms with Gasteiger partial charge in [0.05, 0.1) is 0 Å². The molecule has 84 valence electrons. The summed E-state index contributed by atoms with van der Waals surface area (Å²) in [5.41, 5.74) is 0.551. The minimum absolute atomic E-state index is 0.166. The topological polar surface area (TPSA) is 54.4 Å². The van der Waals surface area contributed by atoms with Crippen LogP contribution in [0, 0.1) is 5.92 Å². The normalized spacial score (nSPS) is 11.6. The fraction of sp³-hybridized carbons (Fsp3) is 0.231. The van der Waals surface area contributed by atoms with Crippen LogP contribution < -0.4 is 0 Å². The van der Waals surface area contributed by atoms with Gasteiger partial charge < -0.3 is 5.11 Å². The highest BCUT2D eigenvalue weighted by Crippen LogP contribution is 2.12. The van der Waals surface area contributed by atoms with E-state index in [1.165, 1.54) is 6.08 Å². The van der Waals surface area contributed by atoms with E-state index in [0.29, 0.717) is 5.56 Å². The van der Waals surface area contributed by atoms with Gasteiger partial charge in [0, 0.05) is 5.92 Å². The van der Waals surface area contributed by atoms with E-state index >= 15 is 0 Å². The second-order valence-electron chi connectivity index (χ2n) is 3.79. The quantitative estimate of drug-likeness (QED) is 0.479. The maximum atomic E-state index is 11.6. The molecule has 0 bridgehead atoms. The SMILES string of the molecule is CC(C)C(=O)/C(=C/c1ccccc1)C(=O)O. The van der Waals surface area contributed by atoms with Gasteiger partial charge in [0.1, 0.15) is 5.57 Å². The van der Waals surface area contributed by atoms with Crippen molar-refractivity contribution in [2.75, 3.05) is 0 Å². The molecule has 0 aromatic heterocycles. The predicted octanol–water partition coefficient (Wildman–Crippen LogP) is 2.38. The van der Waals surface area contributed by atoms with Gasteiger partial charge in [0.15, 0.2) is 5.78 Å². The van der Waals surface area contributed by atoms with E-state index in [1.54, 1.807) is 38.1 Å². The van der Waals surface area contributed by atoms with Crippen molar-refractivity contribution in [1.29, 1.82) is 0 Å². The Hall–Kier alpha value is -1.90. The van der Waals surface area contributed by atoms with Crippen LogP contribution in [0.2, 0.25) is 0 Å². The summed E-state index contributed by atoms with van der Waals surface area (Å²) in [6.07, 6.45) is 1.41. The van der Waals surface area contributed by atoms with Crippen LogP contribution in [0.4, 0.5) is 0 Å². The number of carbonyl (C=O) groups is 2. The number of carboxylic acid groups (broad SMARTS) is 1. The molecule has 0 heterocycles. The number of rotatable bonds is 4. The summed E-state index contributed by atoms with van der Waals surface area (Å²) in [6, 6.07) is 8.95. The Balaban J connectivity index is 3.09. The zero-order chi connectivity index (χ0) is 12.1. The first kappa shape index (κ1) is 12.2. The van der Waals surface area contributed by atoms with Gasteiger partial charge in [-0.3, -0.25) is 4.79 Å². The van der Waals surface area contributed by atoms with Crippen LogP contribution >= 0.6 is 0 Å². The van der Waals surface area contributed by atoms with Crippen molar-refractivity contribution >= 4 is 17.8 Å². The van der Waals surface area contributed by atoms with E-state index in [-0.39, 0.29) is 17.3 Å². The summed E-state index contributed by atoms with van der Waals surface area (Å²) in [6.45, 7) is 3.37. The number of aliphatic carboxylic acids is 1. The van der Waals surface area contributed by atoms with E-state index in [2.05, 4.69) is 0 Å². The highest BCUT2D eigenvalue weighted by atomic mass is 16.4. The van der Waals surface area contributed by atoms with Crippen molar-refractivity contribution < 1.29 is 14.7 Å². The highest BCUT2D eigenvalue weighted by Gasteiger charge is 2.19. The Kier molecular flexibility index (Phi) is 4.00. The Bertz CT molecular complexity index is 416. The van der Waals surface area contributed by atoms with Crippen molar-refractivity contribution in [2.45, 2.75) is 13.8 Å². The van der Waals surface area contributed by atoms with Gasteiger partial charge in [-0.05, 0) is 11.6 Å². The van der Waals surface area contributed by atoms with Crippen LogP contribution in [0.5, 0.6) is 0 Å². The summed E-state index contributed by atoms with van der Waals surface area (Å²) < 4.78 is 0. The van der Waals surface area contributed by atoms with E-state index in [9.17, 15) is 9.59 Å². The lowest BCUT2D eigenvalue weighted by molar-refractivity contribution is -0.135. The maximum absolute atomic E-state index is 11.6. The first-order valence-electron chi connectivity index (χ1n) is 5.06. The molecule has 0 amide bonds. The molecule has 1 rings (SSSR count). The largest absolute Gasteiger partial charge is 0.478 e. The molecule has 3 nitrogen and oxygen atoms in total. The molecule has 0 saturated carbocycles.